The van der Waals surface area contributed by atoms with Gasteiger partial charge in [-0.3, -0.25) is 14.9 Å². The highest BCUT2D eigenvalue weighted by Crippen LogP contribution is 2.26. The van der Waals surface area contributed by atoms with E-state index >= 15 is 0 Å². The summed E-state index contributed by atoms with van der Waals surface area (Å²) < 4.78 is 5.17. The Morgan fingerprint density at radius 2 is 2.24 bits per heavy atom. The summed E-state index contributed by atoms with van der Waals surface area (Å²) in [6.07, 6.45) is 0.205. The van der Waals surface area contributed by atoms with Crippen LogP contribution in [-0.4, -0.2) is 22.8 Å². The second kappa shape index (κ2) is 6.11. The van der Waals surface area contributed by atoms with Crippen molar-refractivity contribution in [3.63, 3.8) is 0 Å². The van der Waals surface area contributed by atoms with Crippen LogP contribution in [0.5, 0.6) is 0 Å². The Morgan fingerprint density at radius 1 is 1.59 bits per heavy atom. The molecule has 17 heavy (non-hydrogen) atoms. The zero-order valence-electron chi connectivity index (χ0n) is 8.85. The monoisotopic (exact) mass is 365 g/mol. The summed E-state index contributed by atoms with van der Waals surface area (Å²) in [7, 11) is 1.27. The number of nitrogens with zero attached hydrogens (tertiary/aromatic N) is 1. The first kappa shape index (κ1) is 14.1. The number of halogens is 2. The van der Waals surface area contributed by atoms with Gasteiger partial charge in [-0.15, -0.1) is 0 Å². The van der Waals surface area contributed by atoms with Gasteiger partial charge in [-0.25, -0.2) is 0 Å². The number of methoxy groups -OCH3 is 1. The first-order valence-electron chi connectivity index (χ1n) is 4.60. The molecule has 0 saturated carbocycles. The van der Waals surface area contributed by atoms with E-state index in [-0.39, 0.29) is 12.1 Å². The molecule has 0 aliphatic heterocycles. The van der Waals surface area contributed by atoms with Gasteiger partial charge in [0.05, 0.1) is 12.0 Å². The summed E-state index contributed by atoms with van der Waals surface area (Å²) in [5.74, 6) is -0.456. The number of ether oxygens (including phenoxy) is 1. The Morgan fingerprint density at radius 3 is 2.76 bits per heavy atom. The van der Waals surface area contributed by atoms with Crippen LogP contribution < -0.4 is 0 Å². The molecule has 1 unspecified atom stereocenters. The predicted molar refractivity (Wildman–Crippen MR) is 69.2 cm³/mol. The average Bonchev–Trinajstić information content (AvgIpc) is 2.29. The maximum Gasteiger partial charge on any atom is 0.319 e. The van der Waals surface area contributed by atoms with Crippen LogP contribution in [0.25, 0.3) is 0 Å². The van der Waals surface area contributed by atoms with Gasteiger partial charge in [0, 0.05) is 22.5 Å². The first-order valence-corrected chi connectivity index (χ1v) is 6.31. The van der Waals surface area contributed by atoms with Gasteiger partial charge in [-0.2, -0.15) is 0 Å². The smallest absolute Gasteiger partial charge is 0.319 e. The van der Waals surface area contributed by atoms with E-state index in [1.165, 1.54) is 13.2 Å². The van der Waals surface area contributed by atoms with Crippen LogP contribution in [0, 0.1) is 10.1 Å². The quantitative estimate of drug-likeness (QED) is 0.355. The Kier molecular flexibility index (Phi) is 5.07. The summed E-state index contributed by atoms with van der Waals surface area (Å²) in [5.41, 5.74) is 0.457. The van der Waals surface area contributed by atoms with Gasteiger partial charge in [-0.1, -0.05) is 37.9 Å². The molecule has 0 radical (unpaired) electrons. The van der Waals surface area contributed by atoms with Crippen molar-refractivity contribution >= 4 is 43.5 Å². The van der Waals surface area contributed by atoms with Crippen molar-refractivity contribution in [3.8, 4) is 0 Å². The number of alkyl halides is 1. The van der Waals surface area contributed by atoms with Crippen molar-refractivity contribution in [2.24, 2.45) is 0 Å². The van der Waals surface area contributed by atoms with Gasteiger partial charge < -0.3 is 4.74 Å². The maximum absolute atomic E-state index is 11.2. The fourth-order valence-electron chi connectivity index (χ4n) is 1.28. The predicted octanol–water partition coefficient (Wildman–Crippen LogP) is 2.84. The van der Waals surface area contributed by atoms with Gasteiger partial charge in [0.1, 0.15) is 4.83 Å². The number of hydrogen-bond acceptors (Lipinski definition) is 4. The minimum absolute atomic E-state index is 0.0206. The largest absolute Gasteiger partial charge is 0.468 e. The van der Waals surface area contributed by atoms with Crippen LogP contribution in [0.1, 0.15) is 5.56 Å². The highest BCUT2D eigenvalue weighted by molar-refractivity contribution is 9.10. The second-order valence-electron chi connectivity index (χ2n) is 3.22. The van der Waals surface area contributed by atoms with Crippen LogP contribution in [0.4, 0.5) is 5.69 Å². The van der Waals surface area contributed by atoms with E-state index in [1.54, 1.807) is 12.1 Å². The molecule has 1 aromatic carbocycles. The number of benzene rings is 1. The molecule has 0 bridgehead atoms. The van der Waals surface area contributed by atoms with Gasteiger partial charge >= 0.3 is 5.97 Å². The molecular weight excluding hydrogens is 358 g/mol. The summed E-state index contributed by atoms with van der Waals surface area (Å²) in [6, 6.07) is 4.71. The van der Waals surface area contributed by atoms with E-state index in [0.29, 0.717) is 10.0 Å². The number of carbonyl (C=O) groups excluding carboxylic acids is 1. The highest BCUT2D eigenvalue weighted by atomic mass is 79.9. The van der Waals surface area contributed by atoms with Crippen molar-refractivity contribution in [2.45, 2.75) is 11.2 Å². The van der Waals surface area contributed by atoms with E-state index < -0.39 is 15.7 Å². The molecule has 1 atom stereocenters. The lowest BCUT2D eigenvalue weighted by Gasteiger charge is -2.08. The number of esters is 1. The summed E-state index contributed by atoms with van der Waals surface area (Å²) in [4.78, 5) is 21.0. The molecule has 7 heteroatoms. The van der Waals surface area contributed by atoms with Gasteiger partial charge in [0.2, 0.25) is 0 Å². The molecule has 0 heterocycles. The molecule has 5 nitrogen and oxygen atoms in total. The lowest BCUT2D eigenvalue weighted by atomic mass is 10.1. The summed E-state index contributed by atoms with van der Waals surface area (Å²) in [5, 5.41) is 10.8. The minimum atomic E-state index is -0.590. The molecule has 0 amide bonds. The molecule has 92 valence electrons. The summed E-state index contributed by atoms with van der Waals surface area (Å²) >= 11 is 6.30. The normalized spacial score (nSPS) is 11.9. The molecular formula is C10H9Br2NO4. The second-order valence-corrected chi connectivity index (χ2v) is 5.25. The number of hydrogen-bond donors (Lipinski definition) is 0. The third-order valence-corrected chi connectivity index (χ3v) is 3.29. The van der Waals surface area contributed by atoms with E-state index in [0.717, 1.165) is 0 Å². The molecule has 1 aromatic rings. The van der Waals surface area contributed by atoms with Crippen LogP contribution in [0.3, 0.4) is 0 Å². The first-order chi connectivity index (χ1) is 7.95. The number of rotatable bonds is 4. The van der Waals surface area contributed by atoms with Gasteiger partial charge in [0.25, 0.3) is 5.69 Å². The lowest BCUT2D eigenvalue weighted by Crippen LogP contribution is -2.18. The van der Waals surface area contributed by atoms with Crippen LogP contribution in [0.2, 0.25) is 0 Å². The molecule has 0 aromatic heterocycles. The molecule has 0 aliphatic carbocycles. The topological polar surface area (TPSA) is 69.4 Å². The standard InChI is InChI=1S/C10H9Br2NO4/c1-17-10(14)8(12)4-6-2-3-7(11)5-9(6)13(15)16/h2-3,5,8H,4H2,1H3. The van der Waals surface area contributed by atoms with E-state index in [4.69, 9.17) is 0 Å². The van der Waals surface area contributed by atoms with Crippen molar-refractivity contribution in [1.82, 2.24) is 0 Å². The fourth-order valence-corrected chi connectivity index (χ4v) is 2.17. The fraction of sp³-hybridized carbons (Fsp3) is 0.300. The Hall–Kier alpha value is -0.950. The lowest BCUT2D eigenvalue weighted by molar-refractivity contribution is -0.385. The van der Waals surface area contributed by atoms with Crippen LogP contribution in [0.15, 0.2) is 22.7 Å². The Labute approximate surface area is 115 Å². The third kappa shape index (κ3) is 3.78. The molecule has 0 spiro atoms. The zero-order chi connectivity index (χ0) is 13.0. The van der Waals surface area contributed by atoms with Gasteiger partial charge in [-0.05, 0) is 6.07 Å². The highest BCUT2D eigenvalue weighted by Gasteiger charge is 2.21. The van der Waals surface area contributed by atoms with Crippen LogP contribution >= 0.6 is 31.9 Å². The summed E-state index contributed by atoms with van der Waals surface area (Å²) in [6.45, 7) is 0. The maximum atomic E-state index is 11.2. The molecule has 0 aliphatic rings. The Balaban J connectivity index is 2.98. The van der Waals surface area contributed by atoms with Crippen molar-refractivity contribution in [3.05, 3.63) is 38.3 Å². The minimum Gasteiger partial charge on any atom is -0.468 e. The van der Waals surface area contributed by atoms with Crippen LogP contribution in [-0.2, 0) is 16.0 Å². The average molecular weight is 367 g/mol. The Bertz CT molecular complexity index is 450. The van der Waals surface area contributed by atoms with Crippen molar-refractivity contribution in [1.29, 1.82) is 0 Å². The van der Waals surface area contributed by atoms with Crippen molar-refractivity contribution in [2.75, 3.05) is 7.11 Å². The third-order valence-electron chi connectivity index (χ3n) is 2.10. The number of nitro groups is 1. The number of carbonyl (C=O) groups is 1. The van der Waals surface area contributed by atoms with E-state index in [9.17, 15) is 14.9 Å². The molecule has 1 rings (SSSR count). The molecule has 0 fully saturated rings. The SMILES string of the molecule is COC(=O)C(Br)Cc1ccc(Br)cc1[N+](=O)[O-]. The van der Waals surface area contributed by atoms with Crippen molar-refractivity contribution < 1.29 is 14.5 Å². The zero-order valence-corrected chi connectivity index (χ0v) is 12.0. The van der Waals surface area contributed by atoms with E-state index in [1.807, 2.05) is 0 Å². The molecule has 0 saturated heterocycles. The number of nitro benzene ring substituents is 1. The van der Waals surface area contributed by atoms with E-state index in [2.05, 4.69) is 36.6 Å². The van der Waals surface area contributed by atoms with Gasteiger partial charge in [0.15, 0.2) is 0 Å². The molecule has 0 N–H and O–H groups in total.